The van der Waals surface area contributed by atoms with E-state index in [1.165, 1.54) is 18.2 Å². The number of nitrogens with one attached hydrogen (secondary N) is 2. The van der Waals surface area contributed by atoms with E-state index in [4.69, 9.17) is 4.74 Å². The van der Waals surface area contributed by atoms with E-state index in [-0.39, 0.29) is 23.1 Å². The predicted octanol–water partition coefficient (Wildman–Crippen LogP) is 5.42. The molecule has 3 aromatic carbocycles. The van der Waals surface area contributed by atoms with E-state index in [9.17, 15) is 15.0 Å². The van der Waals surface area contributed by atoms with Crippen LogP contribution in [0.1, 0.15) is 27.0 Å². The minimum Gasteiger partial charge on any atom is -0.508 e. The van der Waals surface area contributed by atoms with Gasteiger partial charge in [-0.15, -0.1) is 0 Å². The Morgan fingerprint density at radius 3 is 2.26 bits per heavy atom. The number of benzene rings is 3. The highest BCUT2D eigenvalue weighted by Gasteiger charge is 2.11. The summed E-state index contributed by atoms with van der Waals surface area (Å²) >= 11 is 7.01. The lowest BCUT2D eigenvalue weighted by Gasteiger charge is -2.13. The fraction of sp³-hybridized carbons (Fsp3) is 0.0870. The van der Waals surface area contributed by atoms with Gasteiger partial charge in [0, 0.05) is 17.2 Å². The molecule has 0 saturated carbocycles. The number of carbonyl (C=O) groups excluding carboxylic acids is 1. The summed E-state index contributed by atoms with van der Waals surface area (Å²) in [4.78, 5) is 12.4. The van der Waals surface area contributed by atoms with Gasteiger partial charge in [-0.1, -0.05) is 18.7 Å². The number of hydrogen-bond donors (Lipinski definition) is 4. The number of aromatic hydroxyl groups is 2. The third kappa shape index (κ3) is 5.80. The molecule has 0 aromatic heterocycles. The smallest absolute Gasteiger partial charge is 0.269 e. The van der Waals surface area contributed by atoms with E-state index >= 15 is 0 Å². The van der Waals surface area contributed by atoms with E-state index in [1.807, 2.05) is 31.2 Å². The van der Waals surface area contributed by atoms with Crippen LogP contribution in [-0.2, 0) is 6.61 Å². The summed E-state index contributed by atoms with van der Waals surface area (Å²) in [5.74, 6) is 0.135. The molecule has 0 fully saturated rings. The van der Waals surface area contributed by atoms with Crippen molar-refractivity contribution < 1.29 is 19.7 Å². The van der Waals surface area contributed by atoms with E-state index in [1.54, 1.807) is 12.1 Å². The van der Waals surface area contributed by atoms with Gasteiger partial charge in [0.25, 0.3) is 5.91 Å². The molecule has 0 bridgehead atoms. The molecule has 0 atom stereocenters. The number of hydrazine groups is 1. The summed E-state index contributed by atoms with van der Waals surface area (Å²) < 4.78 is 7.62. The van der Waals surface area contributed by atoms with Crippen LogP contribution in [0.5, 0.6) is 17.2 Å². The fourth-order valence-electron chi connectivity index (χ4n) is 2.78. The topological polar surface area (TPSA) is 90.8 Å². The van der Waals surface area contributed by atoms with Gasteiger partial charge in [-0.05, 0) is 86.3 Å². The number of aryl methyl sites for hydroxylation is 1. The lowest BCUT2D eigenvalue weighted by atomic mass is 10.1. The Morgan fingerprint density at radius 2 is 1.65 bits per heavy atom. The van der Waals surface area contributed by atoms with Gasteiger partial charge in [0.15, 0.2) is 0 Å². The highest BCUT2D eigenvalue weighted by Crippen LogP contribution is 2.35. The number of rotatable bonds is 7. The molecule has 6 nitrogen and oxygen atoms in total. The Balaban J connectivity index is 1.57. The summed E-state index contributed by atoms with van der Waals surface area (Å²) in [6.07, 6.45) is 0. The van der Waals surface area contributed by atoms with Gasteiger partial charge in [0.1, 0.15) is 23.9 Å². The molecular formula is C23H20Br2N2O4. The fourth-order valence-corrected chi connectivity index (χ4v) is 4.42. The summed E-state index contributed by atoms with van der Waals surface area (Å²) in [7, 11) is 0. The van der Waals surface area contributed by atoms with Crippen molar-refractivity contribution >= 4 is 43.5 Å². The number of phenols is 2. The number of amides is 1. The van der Waals surface area contributed by atoms with Gasteiger partial charge in [-0.25, -0.2) is 0 Å². The minimum atomic E-state index is -0.365. The molecule has 0 unspecified atom stereocenters. The SMILES string of the molecule is C=C(NNC(=O)c1ccc(COc2c(Br)cc(C)cc2Br)cc1)c1ccc(O)cc1O. The molecule has 0 saturated heterocycles. The largest absolute Gasteiger partial charge is 0.508 e. The highest BCUT2D eigenvalue weighted by molar-refractivity contribution is 9.11. The lowest BCUT2D eigenvalue weighted by molar-refractivity contribution is 0.0942. The molecule has 4 N–H and O–H groups in total. The molecule has 8 heteroatoms. The highest BCUT2D eigenvalue weighted by atomic mass is 79.9. The van der Waals surface area contributed by atoms with Crippen molar-refractivity contribution in [2.75, 3.05) is 0 Å². The van der Waals surface area contributed by atoms with Crippen molar-refractivity contribution in [2.45, 2.75) is 13.5 Å². The van der Waals surface area contributed by atoms with Crippen molar-refractivity contribution in [1.29, 1.82) is 0 Å². The second-order valence-corrected chi connectivity index (χ2v) is 8.51. The number of ether oxygens (including phenoxy) is 1. The Bertz CT molecular complexity index is 1110. The number of phenolic OH excluding ortho intramolecular Hbond substituents is 2. The normalized spacial score (nSPS) is 10.4. The van der Waals surface area contributed by atoms with Crippen LogP contribution < -0.4 is 15.6 Å². The van der Waals surface area contributed by atoms with Crippen LogP contribution in [0, 0.1) is 6.92 Å². The summed E-state index contributed by atoms with van der Waals surface area (Å²) in [6.45, 7) is 6.12. The number of halogens is 2. The first-order chi connectivity index (χ1) is 14.7. The van der Waals surface area contributed by atoms with Gasteiger partial charge in [-0.2, -0.15) is 0 Å². The molecule has 0 spiro atoms. The first-order valence-electron chi connectivity index (χ1n) is 9.19. The number of carbonyl (C=O) groups is 1. The van der Waals surface area contributed by atoms with Crippen LogP contribution in [0.4, 0.5) is 0 Å². The van der Waals surface area contributed by atoms with E-state index < -0.39 is 0 Å². The summed E-state index contributed by atoms with van der Waals surface area (Å²) in [5.41, 5.74) is 8.29. The molecule has 31 heavy (non-hydrogen) atoms. The van der Waals surface area contributed by atoms with E-state index in [2.05, 4.69) is 49.3 Å². The van der Waals surface area contributed by atoms with Crippen LogP contribution in [-0.4, -0.2) is 16.1 Å². The van der Waals surface area contributed by atoms with E-state index in [0.717, 1.165) is 20.1 Å². The molecule has 3 rings (SSSR count). The minimum absolute atomic E-state index is 0.0655. The van der Waals surface area contributed by atoms with Gasteiger partial charge < -0.3 is 14.9 Å². The average molecular weight is 548 g/mol. The lowest BCUT2D eigenvalue weighted by Crippen LogP contribution is -2.35. The van der Waals surface area contributed by atoms with Crippen LogP contribution >= 0.6 is 31.9 Å². The molecule has 3 aromatic rings. The molecule has 0 aliphatic carbocycles. The predicted molar refractivity (Wildman–Crippen MR) is 127 cm³/mol. The molecular weight excluding hydrogens is 528 g/mol. The van der Waals surface area contributed by atoms with Crippen LogP contribution in [0.2, 0.25) is 0 Å². The van der Waals surface area contributed by atoms with Crippen molar-refractivity contribution in [1.82, 2.24) is 10.9 Å². The van der Waals surface area contributed by atoms with Gasteiger partial charge in [-0.3, -0.25) is 15.6 Å². The summed E-state index contributed by atoms with van der Waals surface area (Å²) in [5, 5.41) is 19.2. The molecule has 160 valence electrons. The van der Waals surface area contributed by atoms with Crippen LogP contribution in [0.15, 0.2) is 70.1 Å². The second kappa shape index (κ2) is 9.89. The first-order valence-corrected chi connectivity index (χ1v) is 10.8. The monoisotopic (exact) mass is 546 g/mol. The quantitative estimate of drug-likeness (QED) is 0.297. The average Bonchev–Trinajstić information content (AvgIpc) is 2.71. The third-order valence-corrected chi connectivity index (χ3v) is 5.55. The Labute approximate surface area is 196 Å². The zero-order valence-electron chi connectivity index (χ0n) is 16.6. The Morgan fingerprint density at radius 1 is 1.00 bits per heavy atom. The van der Waals surface area contributed by atoms with E-state index in [0.29, 0.717) is 23.5 Å². The first kappa shape index (κ1) is 22.7. The van der Waals surface area contributed by atoms with Gasteiger partial charge >= 0.3 is 0 Å². The van der Waals surface area contributed by atoms with Gasteiger partial charge in [0.05, 0.1) is 14.6 Å². The van der Waals surface area contributed by atoms with Gasteiger partial charge in [0.2, 0.25) is 0 Å². The summed E-state index contributed by atoms with van der Waals surface area (Å²) in [6, 6.07) is 15.1. The van der Waals surface area contributed by atoms with Crippen molar-refractivity contribution in [2.24, 2.45) is 0 Å². The molecule has 0 aliphatic rings. The molecule has 1 amide bonds. The number of hydrogen-bond acceptors (Lipinski definition) is 5. The maximum absolute atomic E-state index is 12.4. The van der Waals surface area contributed by atoms with Crippen molar-refractivity contribution in [3.63, 3.8) is 0 Å². The Hall–Kier alpha value is -2.97. The molecule has 0 aliphatic heterocycles. The standard InChI is InChI=1S/C23H20Br2N2O4/c1-13-9-19(24)22(20(25)10-13)31-12-15-3-5-16(6-4-15)23(30)27-26-14(2)18-8-7-17(28)11-21(18)29/h3-11,26,28-29H,2,12H2,1H3,(H,27,30). The maximum atomic E-state index is 12.4. The van der Waals surface area contributed by atoms with Crippen molar-refractivity contribution in [3.8, 4) is 17.2 Å². The third-order valence-electron chi connectivity index (χ3n) is 4.38. The molecule has 0 radical (unpaired) electrons. The zero-order valence-corrected chi connectivity index (χ0v) is 19.7. The van der Waals surface area contributed by atoms with Crippen LogP contribution in [0.25, 0.3) is 5.70 Å². The van der Waals surface area contributed by atoms with Crippen molar-refractivity contribution in [3.05, 3.63) is 92.4 Å². The second-order valence-electron chi connectivity index (χ2n) is 6.80. The zero-order chi connectivity index (χ0) is 22.5. The maximum Gasteiger partial charge on any atom is 0.269 e. The Kier molecular flexibility index (Phi) is 7.25. The molecule has 0 heterocycles. The van der Waals surface area contributed by atoms with Crippen LogP contribution in [0.3, 0.4) is 0 Å².